The predicted octanol–water partition coefficient (Wildman–Crippen LogP) is 3.55. The normalized spacial score (nSPS) is 15.6. The van der Waals surface area contributed by atoms with Crippen molar-refractivity contribution in [2.24, 2.45) is 5.92 Å². The molecule has 2 aromatic carbocycles. The number of nitrogens with zero attached hydrogens (tertiary/aromatic N) is 2. The molecule has 1 fully saturated rings. The summed E-state index contributed by atoms with van der Waals surface area (Å²) < 4.78 is 5.38. The number of fused-ring (bicyclic) bond motifs is 1. The lowest BCUT2D eigenvalue weighted by atomic mass is 9.92. The Morgan fingerprint density at radius 2 is 1.58 bits per heavy atom. The molecule has 1 saturated heterocycles. The maximum absolute atomic E-state index is 12.8. The molecular formula is C24H30N2O5. The largest absolute Gasteiger partial charge is 0.481 e. The first-order chi connectivity index (χ1) is 14.6. The first-order valence-electron chi connectivity index (χ1n) is 10.6. The van der Waals surface area contributed by atoms with Crippen molar-refractivity contribution in [3.05, 3.63) is 48.0 Å². The minimum atomic E-state index is -0.978. The van der Waals surface area contributed by atoms with Gasteiger partial charge in [0.2, 0.25) is 5.91 Å². The van der Waals surface area contributed by atoms with E-state index in [1.54, 1.807) is 9.80 Å². The third kappa shape index (κ3) is 5.96. The number of piperazine rings is 1. The van der Waals surface area contributed by atoms with Gasteiger partial charge in [0.05, 0.1) is 5.92 Å². The van der Waals surface area contributed by atoms with Crippen molar-refractivity contribution >= 4 is 28.7 Å². The van der Waals surface area contributed by atoms with Crippen LogP contribution in [-0.2, 0) is 20.7 Å². The lowest BCUT2D eigenvalue weighted by molar-refractivity contribution is -0.146. The van der Waals surface area contributed by atoms with Crippen LogP contribution < -0.4 is 0 Å². The van der Waals surface area contributed by atoms with Crippen LogP contribution in [0.4, 0.5) is 4.79 Å². The molecule has 2 amide bonds. The first kappa shape index (κ1) is 22.6. The first-order valence-corrected chi connectivity index (χ1v) is 10.6. The Morgan fingerprint density at radius 1 is 0.968 bits per heavy atom. The Balaban J connectivity index is 1.60. The van der Waals surface area contributed by atoms with E-state index in [0.717, 1.165) is 16.3 Å². The van der Waals surface area contributed by atoms with Gasteiger partial charge in [-0.2, -0.15) is 0 Å². The van der Waals surface area contributed by atoms with E-state index in [4.69, 9.17) is 4.74 Å². The van der Waals surface area contributed by atoms with Gasteiger partial charge >= 0.3 is 12.1 Å². The molecule has 1 aliphatic rings. The van der Waals surface area contributed by atoms with Gasteiger partial charge < -0.3 is 19.6 Å². The van der Waals surface area contributed by atoms with Gasteiger partial charge in [0.15, 0.2) is 0 Å². The molecule has 1 N–H and O–H groups in total. The average Bonchev–Trinajstić information content (AvgIpc) is 2.72. The zero-order valence-corrected chi connectivity index (χ0v) is 18.3. The molecule has 1 unspecified atom stereocenters. The Labute approximate surface area is 182 Å². The number of carboxylic acid groups (broad SMARTS) is 1. The smallest absolute Gasteiger partial charge is 0.410 e. The van der Waals surface area contributed by atoms with Crippen molar-refractivity contribution in [3.8, 4) is 0 Å². The monoisotopic (exact) mass is 426 g/mol. The molecule has 0 bridgehead atoms. The second kappa shape index (κ2) is 9.37. The lowest BCUT2D eigenvalue weighted by Gasteiger charge is -2.36. The molecule has 3 rings (SSSR count). The molecule has 0 spiro atoms. The maximum Gasteiger partial charge on any atom is 0.410 e. The van der Waals surface area contributed by atoms with Gasteiger partial charge in [-0.05, 0) is 43.5 Å². The number of carbonyl (C=O) groups excluding carboxylic acids is 2. The van der Waals surface area contributed by atoms with Crippen LogP contribution in [0.1, 0.15) is 32.8 Å². The number of ether oxygens (including phenoxy) is 1. The van der Waals surface area contributed by atoms with Crippen molar-refractivity contribution in [1.82, 2.24) is 9.80 Å². The molecule has 0 saturated carbocycles. The maximum atomic E-state index is 12.8. The summed E-state index contributed by atoms with van der Waals surface area (Å²) in [7, 11) is 0. The number of hydrogen-bond acceptors (Lipinski definition) is 4. The van der Waals surface area contributed by atoms with Crippen molar-refractivity contribution < 1.29 is 24.2 Å². The van der Waals surface area contributed by atoms with Gasteiger partial charge in [-0.15, -0.1) is 0 Å². The number of rotatable bonds is 5. The molecule has 7 nitrogen and oxygen atoms in total. The fourth-order valence-electron chi connectivity index (χ4n) is 3.79. The second-order valence-corrected chi connectivity index (χ2v) is 8.93. The summed E-state index contributed by atoms with van der Waals surface area (Å²) in [4.78, 5) is 40.1. The van der Waals surface area contributed by atoms with E-state index in [0.29, 0.717) is 32.6 Å². The molecule has 0 aliphatic carbocycles. The zero-order chi connectivity index (χ0) is 22.6. The fourth-order valence-corrected chi connectivity index (χ4v) is 3.79. The van der Waals surface area contributed by atoms with Crippen LogP contribution in [0.5, 0.6) is 0 Å². The van der Waals surface area contributed by atoms with Gasteiger partial charge in [-0.1, -0.05) is 42.5 Å². The summed E-state index contributed by atoms with van der Waals surface area (Å²) in [5, 5.41) is 11.8. The fraction of sp³-hybridized carbons (Fsp3) is 0.458. The number of carbonyl (C=O) groups is 3. The van der Waals surface area contributed by atoms with E-state index in [1.165, 1.54) is 0 Å². The Bertz CT molecular complexity index is 953. The average molecular weight is 427 g/mol. The minimum absolute atomic E-state index is 0.0645. The highest BCUT2D eigenvalue weighted by atomic mass is 16.6. The van der Waals surface area contributed by atoms with E-state index in [1.807, 2.05) is 63.2 Å². The van der Waals surface area contributed by atoms with Crippen molar-refractivity contribution in [1.29, 1.82) is 0 Å². The second-order valence-electron chi connectivity index (χ2n) is 8.93. The zero-order valence-electron chi connectivity index (χ0n) is 18.3. The van der Waals surface area contributed by atoms with Crippen LogP contribution in [0.3, 0.4) is 0 Å². The van der Waals surface area contributed by atoms with Crippen LogP contribution in [0.25, 0.3) is 10.8 Å². The number of benzene rings is 2. The highest BCUT2D eigenvalue weighted by Crippen LogP contribution is 2.23. The summed E-state index contributed by atoms with van der Waals surface area (Å²) in [5.74, 6) is -1.98. The molecule has 7 heteroatoms. The number of hydrogen-bond donors (Lipinski definition) is 1. The summed E-state index contributed by atoms with van der Waals surface area (Å²) in [6.07, 6.45) is -0.162. The molecule has 1 aliphatic heterocycles. The van der Waals surface area contributed by atoms with E-state index in [2.05, 4.69) is 0 Å². The Kier molecular flexibility index (Phi) is 6.83. The molecule has 0 radical (unpaired) electrons. The number of carboxylic acids is 1. The van der Waals surface area contributed by atoms with Gasteiger partial charge in [0, 0.05) is 32.6 Å². The van der Waals surface area contributed by atoms with Crippen LogP contribution in [-0.4, -0.2) is 64.7 Å². The van der Waals surface area contributed by atoms with E-state index in [9.17, 15) is 19.5 Å². The molecule has 31 heavy (non-hydrogen) atoms. The van der Waals surface area contributed by atoms with E-state index in [-0.39, 0.29) is 18.4 Å². The van der Waals surface area contributed by atoms with Gasteiger partial charge in [-0.3, -0.25) is 9.59 Å². The Hall–Kier alpha value is -3.09. The molecule has 2 aromatic rings. The number of aliphatic carboxylic acids is 1. The topological polar surface area (TPSA) is 87.2 Å². The molecule has 1 atom stereocenters. The number of amides is 2. The van der Waals surface area contributed by atoms with E-state index < -0.39 is 17.5 Å². The SMILES string of the molecule is CC(C)(C)OC(=O)N1CCN(C(=O)CC(Cc2cccc3ccccc23)C(=O)O)CC1. The molecule has 1 heterocycles. The highest BCUT2D eigenvalue weighted by molar-refractivity contribution is 5.87. The summed E-state index contributed by atoms with van der Waals surface area (Å²) in [6, 6.07) is 13.7. The van der Waals surface area contributed by atoms with Gasteiger partial charge in [0.1, 0.15) is 5.60 Å². The van der Waals surface area contributed by atoms with Crippen molar-refractivity contribution in [3.63, 3.8) is 0 Å². The summed E-state index contributed by atoms with van der Waals surface area (Å²) in [6.45, 7) is 6.94. The van der Waals surface area contributed by atoms with Crippen LogP contribution in [0, 0.1) is 5.92 Å². The van der Waals surface area contributed by atoms with E-state index >= 15 is 0 Å². The Morgan fingerprint density at radius 3 is 2.23 bits per heavy atom. The third-order valence-electron chi connectivity index (χ3n) is 5.40. The predicted molar refractivity (Wildman–Crippen MR) is 118 cm³/mol. The third-order valence-corrected chi connectivity index (χ3v) is 5.40. The highest BCUT2D eigenvalue weighted by Gasteiger charge is 2.30. The van der Waals surface area contributed by atoms with Crippen LogP contribution in [0.15, 0.2) is 42.5 Å². The molecule has 166 valence electrons. The standard InChI is InChI=1S/C24H30N2O5/c1-24(2,3)31-23(30)26-13-11-25(12-14-26)21(27)16-19(22(28)29)15-18-9-6-8-17-7-4-5-10-20(17)18/h4-10,19H,11-16H2,1-3H3,(H,28,29). The molecular weight excluding hydrogens is 396 g/mol. The van der Waals surface area contributed by atoms with Gasteiger partial charge in [-0.25, -0.2) is 4.79 Å². The van der Waals surface area contributed by atoms with Crippen molar-refractivity contribution in [2.75, 3.05) is 26.2 Å². The van der Waals surface area contributed by atoms with Crippen molar-refractivity contribution in [2.45, 2.75) is 39.2 Å². The van der Waals surface area contributed by atoms with Gasteiger partial charge in [0.25, 0.3) is 0 Å². The van der Waals surface area contributed by atoms with Crippen LogP contribution >= 0.6 is 0 Å². The minimum Gasteiger partial charge on any atom is -0.481 e. The van der Waals surface area contributed by atoms with Crippen LogP contribution in [0.2, 0.25) is 0 Å². The summed E-state index contributed by atoms with van der Waals surface area (Å²) >= 11 is 0. The summed E-state index contributed by atoms with van der Waals surface area (Å²) in [5.41, 5.74) is 0.355. The molecule has 0 aromatic heterocycles. The quantitative estimate of drug-likeness (QED) is 0.790. The lowest BCUT2D eigenvalue weighted by Crippen LogP contribution is -2.52.